The Morgan fingerprint density at radius 1 is 1.20 bits per heavy atom. The largest absolute Gasteiger partial charge is 0.416 e. The lowest BCUT2D eigenvalue weighted by molar-refractivity contribution is 0.334. The zero-order valence-electron chi connectivity index (χ0n) is 9.40. The highest BCUT2D eigenvalue weighted by Gasteiger charge is 2.21. The Labute approximate surface area is 95.0 Å². The van der Waals surface area contributed by atoms with Gasteiger partial charge in [-0.15, -0.1) is 10.2 Å². The van der Waals surface area contributed by atoms with Gasteiger partial charge >= 0.3 is 0 Å². The fraction of sp³-hybridized carbons (Fsp3) is 0.818. The number of thioether (sulfide) groups is 1. The summed E-state index contributed by atoms with van der Waals surface area (Å²) in [4.78, 5) is 0. The summed E-state index contributed by atoms with van der Waals surface area (Å²) in [6, 6.07) is 0. The number of nitrogens with zero attached hydrogens (tertiary/aromatic N) is 2. The van der Waals surface area contributed by atoms with Gasteiger partial charge in [0.15, 0.2) is 0 Å². The maximum atomic E-state index is 5.67. The first kappa shape index (κ1) is 11.0. The molecule has 0 unspecified atom stereocenters. The third kappa shape index (κ3) is 2.97. The molecule has 0 radical (unpaired) electrons. The molecule has 0 atom stereocenters. The Morgan fingerprint density at radius 3 is 2.60 bits per heavy atom. The van der Waals surface area contributed by atoms with Crippen LogP contribution in [0.1, 0.15) is 57.8 Å². The minimum absolute atomic E-state index is 0.504. The molecule has 2 rings (SSSR count). The van der Waals surface area contributed by atoms with Crippen molar-refractivity contribution in [3.8, 4) is 0 Å². The van der Waals surface area contributed by atoms with E-state index in [9.17, 15) is 0 Å². The average molecular weight is 226 g/mol. The number of hydrogen-bond donors (Lipinski definition) is 0. The molecule has 0 aliphatic heterocycles. The number of rotatable bonds is 3. The normalized spacial score (nSPS) is 18.6. The average Bonchev–Trinajstić information content (AvgIpc) is 2.67. The molecule has 1 saturated carbocycles. The van der Waals surface area contributed by atoms with Crippen molar-refractivity contribution in [2.75, 3.05) is 0 Å². The summed E-state index contributed by atoms with van der Waals surface area (Å²) in [6.45, 7) is 4.27. The van der Waals surface area contributed by atoms with Gasteiger partial charge in [0.1, 0.15) is 0 Å². The molecule has 0 aromatic carbocycles. The van der Waals surface area contributed by atoms with E-state index in [1.165, 1.54) is 32.1 Å². The predicted molar refractivity (Wildman–Crippen MR) is 61.1 cm³/mol. The molecule has 1 fully saturated rings. The van der Waals surface area contributed by atoms with Gasteiger partial charge in [-0.3, -0.25) is 0 Å². The molecule has 4 heteroatoms. The van der Waals surface area contributed by atoms with E-state index in [1.54, 1.807) is 11.8 Å². The lowest BCUT2D eigenvalue weighted by Gasteiger charge is -2.17. The van der Waals surface area contributed by atoms with Gasteiger partial charge in [-0.25, -0.2) is 0 Å². The van der Waals surface area contributed by atoms with Crippen molar-refractivity contribution in [1.29, 1.82) is 0 Å². The molecular formula is C11H18N2OS. The molecule has 84 valence electrons. The van der Waals surface area contributed by atoms with E-state index in [1.807, 2.05) is 0 Å². The van der Waals surface area contributed by atoms with Gasteiger partial charge in [0.2, 0.25) is 5.89 Å². The summed E-state index contributed by atoms with van der Waals surface area (Å²) in [7, 11) is 0. The van der Waals surface area contributed by atoms with Gasteiger partial charge in [-0.1, -0.05) is 44.9 Å². The van der Waals surface area contributed by atoms with Gasteiger partial charge in [-0.2, -0.15) is 0 Å². The fourth-order valence-electron chi connectivity index (χ4n) is 1.98. The second-order valence-corrected chi connectivity index (χ2v) is 5.94. The molecule has 1 aromatic rings. The van der Waals surface area contributed by atoms with Crippen molar-refractivity contribution < 1.29 is 4.42 Å². The number of hydrogen-bond acceptors (Lipinski definition) is 4. The molecule has 15 heavy (non-hydrogen) atoms. The summed E-state index contributed by atoms with van der Waals surface area (Å²) < 4.78 is 5.67. The van der Waals surface area contributed by atoms with Gasteiger partial charge in [-0.05, 0) is 12.8 Å². The van der Waals surface area contributed by atoms with Crippen LogP contribution in [0.4, 0.5) is 0 Å². The lowest BCUT2D eigenvalue weighted by Crippen LogP contribution is -2.04. The maximum Gasteiger partial charge on any atom is 0.276 e. The van der Waals surface area contributed by atoms with Gasteiger partial charge < -0.3 is 4.42 Å². The maximum absolute atomic E-state index is 5.67. The molecule has 0 N–H and O–H groups in total. The Bertz CT molecular complexity index is 305. The third-order valence-electron chi connectivity index (χ3n) is 2.71. The van der Waals surface area contributed by atoms with Gasteiger partial charge in [0.05, 0.1) is 0 Å². The van der Waals surface area contributed by atoms with Crippen LogP contribution in [0.25, 0.3) is 0 Å². The summed E-state index contributed by atoms with van der Waals surface area (Å²) in [5, 5.41) is 9.46. The first-order chi connectivity index (χ1) is 7.25. The van der Waals surface area contributed by atoms with Crippen LogP contribution in [-0.2, 0) is 0 Å². The molecule has 0 bridgehead atoms. The zero-order valence-corrected chi connectivity index (χ0v) is 10.2. The molecule has 0 amide bonds. The summed E-state index contributed by atoms with van der Waals surface area (Å²) in [5.41, 5.74) is 0. The van der Waals surface area contributed by atoms with E-state index in [-0.39, 0.29) is 0 Å². The van der Waals surface area contributed by atoms with E-state index in [4.69, 9.17) is 4.42 Å². The van der Waals surface area contributed by atoms with Crippen molar-refractivity contribution in [3.05, 3.63) is 5.89 Å². The SMILES string of the molecule is CC(C)Sc1nnc(C2CCCCC2)o1. The molecular weight excluding hydrogens is 208 g/mol. The van der Waals surface area contributed by atoms with E-state index in [0.717, 1.165) is 11.1 Å². The van der Waals surface area contributed by atoms with Crippen molar-refractivity contribution in [2.45, 2.75) is 62.3 Å². The van der Waals surface area contributed by atoms with Crippen LogP contribution in [0, 0.1) is 0 Å². The second-order valence-electron chi connectivity index (χ2n) is 4.41. The second kappa shape index (κ2) is 5.01. The Kier molecular flexibility index (Phi) is 3.67. The fourth-order valence-corrected chi connectivity index (χ4v) is 2.61. The topological polar surface area (TPSA) is 38.9 Å². The summed E-state index contributed by atoms with van der Waals surface area (Å²) in [6.07, 6.45) is 6.40. The van der Waals surface area contributed by atoms with Crippen LogP contribution < -0.4 is 0 Å². The summed E-state index contributed by atoms with van der Waals surface area (Å²) >= 11 is 1.64. The van der Waals surface area contributed by atoms with E-state index in [0.29, 0.717) is 11.2 Å². The smallest absolute Gasteiger partial charge is 0.276 e. The van der Waals surface area contributed by atoms with Crippen molar-refractivity contribution in [3.63, 3.8) is 0 Å². The Hall–Kier alpha value is -0.510. The first-order valence-corrected chi connectivity index (χ1v) is 6.63. The van der Waals surface area contributed by atoms with Crippen LogP contribution in [0.5, 0.6) is 0 Å². The van der Waals surface area contributed by atoms with Crippen LogP contribution in [0.15, 0.2) is 9.64 Å². The van der Waals surface area contributed by atoms with Crippen LogP contribution in [0.2, 0.25) is 0 Å². The molecule has 3 nitrogen and oxygen atoms in total. The van der Waals surface area contributed by atoms with Crippen LogP contribution in [-0.4, -0.2) is 15.4 Å². The highest BCUT2D eigenvalue weighted by molar-refractivity contribution is 7.99. The lowest BCUT2D eigenvalue weighted by atomic mass is 9.89. The highest BCUT2D eigenvalue weighted by Crippen LogP contribution is 2.33. The quantitative estimate of drug-likeness (QED) is 0.738. The molecule has 1 aromatic heterocycles. The highest BCUT2D eigenvalue weighted by atomic mass is 32.2. The van der Waals surface area contributed by atoms with E-state index < -0.39 is 0 Å². The summed E-state index contributed by atoms with van der Waals surface area (Å²) in [5.74, 6) is 1.38. The Morgan fingerprint density at radius 2 is 1.93 bits per heavy atom. The third-order valence-corrected chi connectivity index (χ3v) is 3.55. The molecule has 0 saturated heterocycles. The van der Waals surface area contributed by atoms with Crippen LogP contribution in [0.3, 0.4) is 0 Å². The molecule has 1 aliphatic carbocycles. The van der Waals surface area contributed by atoms with Crippen molar-refractivity contribution in [2.24, 2.45) is 0 Å². The standard InChI is InChI=1S/C11H18N2OS/c1-8(2)15-11-13-12-10(14-11)9-6-4-3-5-7-9/h8-9H,3-7H2,1-2H3. The van der Waals surface area contributed by atoms with Gasteiger partial charge in [0.25, 0.3) is 5.22 Å². The minimum Gasteiger partial charge on any atom is -0.416 e. The first-order valence-electron chi connectivity index (χ1n) is 5.76. The van der Waals surface area contributed by atoms with Crippen molar-refractivity contribution >= 4 is 11.8 Å². The van der Waals surface area contributed by atoms with Crippen LogP contribution >= 0.6 is 11.8 Å². The minimum atomic E-state index is 0.504. The predicted octanol–water partition coefficient (Wildman–Crippen LogP) is 3.62. The number of aromatic nitrogens is 2. The molecule has 1 heterocycles. The Balaban J connectivity index is 1.99. The van der Waals surface area contributed by atoms with Crippen molar-refractivity contribution in [1.82, 2.24) is 10.2 Å². The zero-order chi connectivity index (χ0) is 10.7. The molecule has 0 spiro atoms. The van der Waals surface area contributed by atoms with Gasteiger partial charge in [0, 0.05) is 11.2 Å². The monoisotopic (exact) mass is 226 g/mol. The van der Waals surface area contributed by atoms with E-state index >= 15 is 0 Å². The van der Waals surface area contributed by atoms with E-state index in [2.05, 4.69) is 24.0 Å². The molecule has 1 aliphatic rings.